The molecular formula is C23H30N4O2. The van der Waals surface area contributed by atoms with E-state index in [-0.39, 0.29) is 5.91 Å². The van der Waals surface area contributed by atoms with E-state index >= 15 is 0 Å². The Kier molecular flexibility index (Phi) is 7.22. The summed E-state index contributed by atoms with van der Waals surface area (Å²) in [6.45, 7) is 7.92. The molecule has 0 saturated carbocycles. The Hall–Kier alpha value is -2.89. The minimum absolute atomic E-state index is 0.0112. The van der Waals surface area contributed by atoms with E-state index in [0.717, 1.165) is 54.2 Å². The Morgan fingerprint density at radius 3 is 2.72 bits per heavy atom. The summed E-state index contributed by atoms with van der Waals surface area (Å²) in [6.07, 6.45) is 4.84. The third-order valence-corrected chi connectivity index (χ3v) is 4.77. The van der Waals surface area contributed by atoms with Crippen molar-refractivity contribution in [2.24, 2.45) is 5.92 Å². The molecule has 0 atom stereocenters. The van der Waals surface area contributed by atoms with Crippen LogP contribution in [0.4, 0.5) is 5.69 Å². The van der Waals surface area contributed by atoms with Crippen LogP contribution in [0.1, 0.15) is 45.9 Å². The number of imidazole rings is 1. The summed E-state index contributed by atoms with van der Waals surface area (Å²) in [5.41, 5.74) is 2.64. The van der Waals surface area contributed by atoms with Gasteiger partial charge in [-0.25, -0.2) is 9.97 Å². The van der Waals surface area contributed by atoms with Gasteiger partial charge in [0.15, 0.2) is 5.65 Å². The van der Waals surface area contributed by atoms with Crippen molar-refractivity contribution < 1.29 is 9.53 Å². The molecule has 154 valence electrons. The molecule has 1 amide bonds. The number of hydrogen-bond donors (Lipinski definition) is 1. The lowest BCUT2D eigenvalue weighted by atomic mass is 10.1. The molecule has 1 N–H and O–H groups in total. The maximum Gasteiger partial charge on any atom is 0.224 e. The molecule has 3 rings (SSSR count). The highest BCUT2D eigenvalue weighted by molar-refractivity contribution is 5.90. The third-order valence-electron chi connectivity index (χ3n) is 4.77. The summed E-state index contributed by atoms with van der Waals surface area (Å²) in [4.78, 5) is 21.6. The van der Waals surface area contributed by atoms with E-state index in [2.05, 4.69) is 28.7 Å². The number of anilines is 1. The number of rotatable bonds is 10. The zero-order valence-electron chi connectivity index (χ0n) is 17.5. The Morgan fingerprint density at radius 1 is 1.21 bits per heavy atom. The number of carbonyl (C=O) groups is 1. The van der Waals surface area contributed by atoms with E-state index in [9.17, 15) is 4.79 Å². The standard InChI is InChI=1S/C23H30N4O2/c1-4-29-19-12-10-18(11-13-19)25-22(28)9-5-8-21-26-20-7-6-15-24-23(20)27(21)16-14-17(2)3/h6-7,10-13,15,17H,4-5,8-9,14,16H2,1-3H3,(H,25,28). The molecule has 0 saturated heterocycles. The van der Waals surface area contributed by atoms with Crippen molar-refractivity contribution >= 4 is 22.8 Å². The molecule has 0 spiro atoms. The molecule has 0 fully saturated rings. The van der Waals surface area contributed by atoms with Crippen LogP contribution in [0.5, 0.6) is 5.75 Å². The monoisotopic (exact) mass is 394 g/mol. The Labute approximate surface area is 172 Å². The number of pyridine rings is 1. The number of aryl methyl sites for hydroxylation is 2. The van der Waals surface area contributed by atoms with E-state index in [1.165, 1.54) is 0 Å². The molecule has 1 aromatic carbocycles. The Bertz CT molecular complexity index is 932. The first kappa shape index (κ1) is 20.8. The average Bonchev–Trinajstić information content (AvgIpc) is 3.05. The largest absolute Gasteiger partial charge is 0.494 e. The van der Waals surface area contributed by atoms with Crippen LogP contribution in [0.25, 0.3) is 11.2 Å². The number of carbonyl (C=O) groups excluding carboxylic acids is 1. The minimum Gasteiger partial charge on any atom is -0.494 e. The number of ether oxygens (including phenoxy) is 1. The van der Waals surface area contributed by atoms with Crippen LogP contribution in [0.2, 0.25) is 0 Å². The topological polar surface area (TPSA) is 69.0 Å². The summed E-state index contributed by atoms with van der Waals surface area (Å²) in [6, 6.07) is 11.4. The van der Waals surface area contributed by atoms with Gasteiger partial charge < -0.3 is 14.6 Å². The zero-order chi connectivity index (χ0) is 20.6. The van der Waals surface area contributed by atoms with E-state index in [1.807, 2.05) is 49.5 Å². The second kappa shape index (κ2) is 10.0. The van der Waals surface area contributed by atoms with Crippen molar-refractivity contribution in [3.63, 3.8) is 0 Å². The van der Waals surface area contributed by atoms with Crippen molar-refractivity contribution in [2.45, 2.75) is 53.0 Å². The summed E-state index contributed by atoms with van der Waals surface area (Å²) in [5.74, 6) is 2.44. The molecule has 0 radical (unpaired) electrons. The fourth-order valence-electron chi connectivity index (χ4n) is 3.25. The molecule has 6 heteroatoms. The number of nitrogens with one attached hydrogen (secondary N) is 1. The first-order chi connectivity index (χ1) is 14.1. The number of amides is 1. The second-order valence-electron chi connectivity index (χ2n) is 7.57. The average molecular weight is 395 g/mol. The van der Waals surface area contributed by atoms with Gasteiger partial charge >= 0.3 is 0 Å². The first-order valence-electron chi connectivity index (χ1n) is 10.4. The zero-order valence-corrected chi connectivity index (χ0v) is 17.5. The predicted octanol–water partition coefficient (Wildman–Crippen LogP) is 4.84. The van der Waals surface area contributed by atoms with Gasteiger partial charge in [-0.05, 0) is 62.1 Å². The Balaban J connectivity index is 1.57. The normalized spacial score (nSPS) is 11.2. The third kappa shape index (κ3) is 5.79. The summed E-state index contributed by atoms with van der Waals surface area (Å²) in [7, 11) is 0. The number of fused-ring (bicyclic) bond motifs is 1. The smallest absolute Gasteiger partial charge is 0.224 e. The van der Waals surface area contributed by atoms with Gasteiger partial charge in [0.25, 0.3) is 0 Å². The number of nitrogens with zero attached hydrogens (tertiary/aromatic N) is 3. The molecule has 3 aromatic rings. The van der Waals surface area contributed by atoms with Gasteiger partial charge in [-0.15, -0.1) is 0 Å². The van der Waals surface area contributed by atoms with Crippen LogP contribution in [0.15, 0.2) is 42.6 Å². The fraction of sp³-hybridized carbons (Fsp3) is 0.435. The highest BCUT2D eigenvalue weighted by atomic mass is 16.5. The van der Waals surface area contributed by atoms with E-state index < -0.39 is 0 Å². The highest BCUT2D eigenvalue weighted by Crippen LogP contribution is 2.18. The van der Waals surface area contributed by atoms with Crippen LogP contribution < -0.4 is 10.1 Å². The molecule has 2 aromatic heterocycles. The predicted molar refractivity (Wildman–Crippen MR) is 116 cm³/mol. The van der Waals surface area contributed by atoms with Gasteiger partial charge in [-0.1, -0.05) is 13.8 Å². The lowest BCUT2D eigenvalue weighted by Gasteiger charge is -2.10. The van der Waals surface area contributed by atoms with Crippen LogP contribution in [-0.2, 0) is 17.8 Å². The van der Waals surface area contributed by atoms with Crippen molar-refractivity contribution in [1.82, 2.24) is 14.5 Å². The van der Waals surface area contributed by atoms with Crippen molar-refractivity contribution in [2.75, 3.05) is 11.9 Å². The van der Waals surface area contributed by atoms with Crippen LogP contribution in [0.3, 0.4) is 0 Å². The Morgan fingerprint density at radius 2 is 2.00 bits per heavy atom. The summed E-state index contributed by atoms with van der Waals surface area (Å²) >= 11 is 0. The van der Waals surface area contributed by atoms with Gasteiger partial charge in [0.1, 0.15) is 17.1 Å². The SMILES string of the molecule is CCOc1ccc(NC(=O)CCCc2nc3cccnc3n2CCC(C)C)cc1. The first-order valence-corrected chi connectivity index (χ1v) is 10.4. The minimum atomic E-state index is 0.0112. The fourth-order valence-corrected chi connectivity index (χ4v) is 3.25. The highest BCUT2D eigenvalue weighted by Gasteiger charge is 2.13. The van der Waals surface area contributed by atoms with Gasteiger partial charge in [-0.2, -0.15) is 0 Å². The maximum atomic E-state index is 12.3. The number of benzene rings is 1. The van der Waals surface area contributed by atoms with Gasteiger partial charge in [0.2, 0.25) is 5.91 Å². The van der Waals surface area contributed by atoms with Crippen LogP contribution >= 0.6 is 0 Å². The molecule has 0 bridgehead atoms. The molecule has 6 nitrogen and oxygen atoms in total. The second-order valence-corrected chi connectivity index (χ2v) is 7.57. The van der Waals surface area contributed by atoms with Crippen LogP contribution in [0, 0.1) is 5.92 Å². The lowest BCUT2D eigenvalue weighted by Crippen LogP contribution is -2.12. The molecule has 0 aliphatic carbocycles. The van der Waals surface area contributed by atoms with Gasteiger partial charge in [0.05, 0.1) is 6.61 Å². The van der Waals surface area contributed by atoms with Crippen molar-refractivity contribution in [1.29, 1.82) is 0 Å². The summed E-state index contributed by atoms with van der Waals surface area (Å²) in [5, 5.41) is 2.94. The maximum absolute atomic E-state index is 12.3. The molecular weight excluding hydrogens is 364 g/mol. The van der Waals surface area contributed by atoms with Gasteiger partial charge in [0, 0.05) is 31.3 Å². The van der Waals surface area contributed by atoms with Crippen molar-refractivity contribution in [3.05, 3.63) is 48.4 Å². The molecule has 0 aliphatic rings. The van der Waals surface area contributed by atoms with Crippen LogP contribution in [-0.4, -0.2) is 27.0 Å². The quantitative estimate of drug-likeness (QED) is 0.534. The van der Waals surface area contributed by atoms with E-state index in [1.54, 1.807) is 0 Å². The van der Waals surface area contributed by atoms with E-state index in [4.69, 9.17) is 9.72 Å². The molecule has 29 heavy (non-hydrogen) atoms. The molecule has 0 aliphatic heterocycles. The number of hydrogen-bond acceptors (Lipinski definition) is 4. The molecule has 2 heterocycles. The van der Waals surface area contributed by atoms with Gasteiger partial charge in [-0.3, -0.25) is 4.79 Å². The van der Waals surface area contributed by atoms with Crippen molar-refractivity contribution in [3.8, 4) is 5.75 Å². The van der Waals surface area contributed by atoms with E-state index in [0.29, 0.717) is 18.9 Å². The lowest BCUT2D eigenvalue weighted by molar-refractivity contribution is -0.116. The number of aromatic nitrogens is 3. The summed E-state index contributed by atoms with van der Waals surface area (Å²) < 4.78 is 7.63. The molecule has 0 unspecified atom stereocenters.